The van der Waals surface area contributed by atoms with E-state index in [2.05, 4.69) is 5.32 Å². The average molecular weight is 473 g/mol. The van der Waals surface area contributed by atoms with Gasteiger partial charge in [0.2, 0.25) is 15.9 Å². The van der Waals surface area contributed by atoms with Gasteiger partial charge < -0.3 is 5.32 Å². The minimum atomic E-state index is -3.55. The third-order valence-corrected chi connectivity index (χ3v) is 8.19. The van der Waals surface area contributed by atoms with Crippen molar-refractivity contribution < 1.29 is 13.2 Å². The number of nitrogens with one attached hydrogen (secondary N) is 1. The van der Waals surface area contributed by atoms with Gasteiger partial charge in [0.05, 0.1) is 4.90 Å². The minimum Gasteiger partial charge on any atom is -0.355 e. The van der Waals surface area contributed by atoms with E-state index < -0.39 is 10.0 Å². The fourth-order valence-corrected chi connectivity index (χ4v) is 5.62. The second-order valence-electron chi connectivity index (χ2n) is 6.73. The van der Waals surface area contributed by atoms with Crippen LogP contribution in [-0.4, -0.2) is 44.0 Å². The van der Waals surface area contributed by atoms with E-state index in [1.54, 1.807) is 23.9 Å². The molecule has 0 unspecified atom stereocenters. The molecule has 1 fully saturated rings. The molecular formula is C20H22Cl2N2O3S2. The van der Waals surface area contributed by atoms with E-state index in [0.29, 0.717) is 42.5 Å². The highest BCUT2D eigenvalue weighted by Gasteiger charge is 2.31. The standard InChI is InChI=1S/C20H22Cl2N2O3S2/c21-16-1-5-18(6-2-16)28-14-11-23-20(25)15-9-12-24(13-10-15)29(26,27)19-7-3-17(22)4-8-19/h1-8,15H,9-14H2,(H,23,25). The van der Waals surface area contributed by atoms with Crippen LogP contribution in [0.3, 0.4) is 0 Å². The Balaban J connectivity index is 1.43. The van der Waals surface area contributed by atoms with E-state index in [4.69, 9.17) is 23.2 Å². The lowest BCUT2D eigenvalue weighted by Crippen LogP contribution is -2.43. The number of rotatable bonds is 7. The molecule has 0 spiro atoms. The number of hydrogen-bond acceptors (Lipinski definition) is 4. The Bertz CT molecular complexity index is 927. The Labute approximate surface area is 185 Å². The highest BCUT2D eigenvalue weighted by Crippen LogP contribution is 2.25. The van der Waals surface area contributed by atoms with Crippen LogP contribution in [0.4, 0.5) is 0 Å². The predicted octanol–water partition coefficient (Wildman–Crippen LogP) is 4.30. The third-order valence-electron chi connectivity index (χ3n) is 4.76. The summed E-state index contributed by atoms with van der Waals surface area (Å²) in [6, 6.07) is 13.7. The summed E-state index contributed by atoms with van der Waals surface area (Å²) in [4.78, 5) is 13.7. The van der Waals surface area contributed by atoms with Crippen LogP contribution in [0.2, 0.25) is 10.0 Å². The minimum absolute atomic E-state index is 0.00903. The number of hydrogen-bond donors (Lipinski definition) is 1. The molecular weight excluding hydrogens is 451 g/mol. The van der Waals surface area contributed by atoms with Gasteiger partial charge in [0.25, 0.3) is 0 Å². The smallest absolute Gasteiger partial charge is 0.243 e. The van der Waals surface area contributed by atoms with Gasteiger partial charge in [-0.15, -0.1) is 11.8 Å². The molecule has 1 saturated heterocycles. The van der Waals surface area contributed by atoms with Crippen molar-refractivity contribution in [1.82, 2.24) is 9.62 Å². The van der Waals surface area contributed by atoms with Crippen LogP contribution in [0.15, 0.2) is 58.3 Å². The highest BCUT2D eigenvalue weighted by molar-refractivity contribution is 7.99. The van der Waals surface area contributed by atoms with Crippen LogP contribution in [-0.2, 0) is 14.8 Å². The van der Waals surface area contributed by atoms with Crippen molar-refractivity contribution in [3.05, 3.63) is 58.6 Å². The van der Waals surface area contributed by atoms with Gasteiger partial charge >= 0.3 is 0 Å². The number of amides is 1. The first-order chi connectivity index (χ1) is 13.9. The molecule has 0 atom stereocenters. The van der Waals surface area contributed by atoms with Gasteiger partial charge in [0.15, 0.2) is 0 Å². The van der Waals surface area contributed by atoms with E-state index >= 15 is 0 Å². The second-order valence-corrected chi connectivity index (χ2v) is 10.7. The summed E-state index contributed by atoms with van der Waals surface area (Å²) in [5.41, 5.74) is 0. The van der Waals surface area contributed by atoms with Crippen molar-refractivity contribution in [3.63, 3.8) is 0 Å². The van der Waals surface area contributed by atoms with Gasteiger partial charge in [0, 0.05) is 46.2 Å². The van der Waals surface area contributed by atoms with Gasteiger partial charge in [-0.05, 0) is 61.4 Å². The number of nitrogens with zero attached hydrogens (tertiary/aromatic N) is 1. The third kappa shape index (κ3) is 6.12. The summed E-state index contributed by atoms with van der Waals surface area (Å²) in [6.45, 7) is 1.24. The molecule has 1 amide bonds. The van der Waals surface area contributed by atoms with Crippen molar-refractivity contribution >= 4 is 50.9 Å². The summed E-state index contributed by atoms with van der Waals surface area (Å²) in [6.07, 6.45) is 1.03. The molecule has 1 aliphatic rings. The predicted molar refractivity (Wildman–Crippen MR) is 118 cm³/mol. The van der Waals surface area contributed by atoms with Crippen molar-refractivity contribution in [2.45, 2.75) is 22.6 Å². The lowest BCUT2D eigenvalue weighted by Gasteiger charge is -2.30. The molecule has 1 aliphatic heterocycles. The van der Waals surface area contributed by atoms with Gasteiger partial charge in [-0.1, -0.05) is 23.2 Å². The molecule has 156 valence electrons. The number of benzene rings is 2. The maximum atomic E-state index is 12.7. The molecule has 2 aromatic rings. The SMILES string of the molecule is O=C(NCCSc1ccc(Cl)cc1)C1CCN(S(=O)(=O)c2ccc(Cl)cc2)CC1. The zero-order valence-corrected chi connectivity index (χ0v) is 18.8. The number of carbonyl (C=O) groups is 1. The summed E-state index contributed by atoms with van der Waals surface area (Å²) < 4.78 is 26.9. The van der Waals surface area contributed by atoms with E-state index in [0.717, 1.165) is 10.6 Å². The topological polar surface area (TPSA) is 66.5 Å². The van der Waals surface area contributed by atoms with Crippen LogP contribution in [0.25, 0.3) is 0 Å². The van der Waals surface area contributed by atoms with Crippen LogP contribution in [0.5, 0.6) is 0 Å². The molecule has 0 aliphatic carbocycles. The molecule has 3 rings (SSSR count). The molecule has 1 N–H and O–H groups in total. The zero-order valence-electron chi connectivity index (χ0n) is 15.7. The Morgan fingerprint density at radius 3 is 2.14 bits per heavy atom. The van der Waals surface area contributed by atoms with Crippen LogP contribution in [0.1, 0.15) is 12.8 Å². The lowest BCUT2D eigenvalue weighted by atomic mass is 9.97. The maximum absolute atomic E-state index is 12.7. The van der Waals surface area contributed by atoms with Crippen molar-refractivity contribution in [2.75, 3.05) is 25.4 Å². The summed E-state index contributed by atoms with van der Waals surface area (Å²) in [5.74, 6) is 0.592. The lowest BCUT2D eigenvalue weighted by molar-refractivity contribution is -0.125. The molecule has 0 bridgehead atoms. The Hall–Kier alpha value is -1.25. The van der Waals surface area contributed by atoms with E-state index in [1.807, 2.05) is 24.3 Å². The Morgan fingerprint density at radius 1 is 1.00 bits per heavy atom. The number of carbonyl (C=O) groups excluding carboxylic acids is 1. The summed E-state index contributed by atoms with van der Waals surface area (Å²) in [5, 5.41) is 4.15. The molecule has 2 aromatic carbocycles. The van der Waals surface area contributed by atoms with E-state index in [-0.39, 0.29) is 16.7 Å². The normalized spacial score (nSPS) is 15.9. The fraction of sp³-hybridized carbons (Fsp3) is 0.350. The Morgan fingerprint density at radius 2 is 1.55 bits per heavy atom. The first kappa shape index (κ1) is 22.4. The van der Waals surface area contributed by atoms with E-state index in [9.17, 15) is 13.2 Å². The second kappa shape index (κ2) is 10.2. The molecule has 0 saturated carbocycles. The maximum Gasteiger partial charge on any atom is 0.243 e. The zero-order chi connectivity index (χ0) is 20.9. The van der Waals surface area contributed by atoms with Crippen molar-refractivity contribution in [1.29, 1.82) is 0 Å². The first-order valence-electron chi connectivity index (χ1n) is 9.28. The van der Waals surface area contributed by atoms with Crippen molar-refractivity contribution in [2.24, 2.45) is 5.92 Å². The fourth-order valence-electron chi connectivity index (χ4n) is 3.13. The number of piperidine rings is 1. The number of thioether (sulfide) groups is 1. The highest BCUT2D eigenvalue weighted by atomic mass is 35.5. The average Bonchev–Trinajstić information content (AvgIpc) is 2.73. The monoisotopic (exact) mass is 472 g/mol. The van der Waals surface area contributed by atoms with Crippen LogP contribution >= 0.6 is 35.0 Å². The van der Waals surface area contributed by atoms with Crippen molar-refractivity contribution in [3.8, 4) is 0 Å². The number of halogens is 2. The molecule has 0 radical (unpaired) electrons. The van der Waals surface area contributed by atoms with Gasteiger partial charge in [-0.2, -0.15) is 4.31 Å². The Kier molecular flexibility index (Phi) is 7.87. The first-order valence-corrected chi connectivity index (χ1v) is 12.5. The van der Waals surface area contributed by atoms with E-state index in [1.165, 1.54) is 16.4 Å². The molecule has 9 heteroatoms. The molecule has 5 nitrogen and oxygen atoms in total. The quantitative estimate of drug-likeness (QED) is 0.481. The molecule has 29 heavy (non-hydrogen) atoms. The van der Waals surface area contributed by atoms with Gasteiger partial charge in [0.1, 0.15) is 0 Å². The van der Waals surface area contributed by atoms with Crippen LogP contribution in [0, 0.1) is 5.92 Å². The van der Waals surface area contributed by atoms with Crippen LogP contribution < -0.4 is 5.32 Å². The molecule has 1 heterocycles. The van der Waals surface area contributed by atoms with Gasteiger partial charge in [-0.3, -0.25) is 4.79 Å². The number of sulfonamides is 1. The van der Waals surface area contributed by atoms with Gasteiger partial charge in [-0.25, -0.2) is 8.42 Å². The largest absolute Gasteiger partial charge is 0.355 e. The summed E-state index contributed by atoms with van der Waals surface area (Å²) in [7, 11) is -3.55. The summed E-state index contributed by atoms with van der Waals surface area (Å²) >= 11 is 13.4. The molecule has 0 aromatic heterocycles.